The van der Waals surface area contributed by atoms with Gasteiger partial charge in [0, 0.05) is 26.2 Å². The molecule has 1 aliphatic rings. The molecule has 0 spiro atoms. The molecule has 2 N–H and O–H groups in total. The van der Waals surface area contributed by atoms with E-state index in [0.717, 1.165) is 0 Å². The average molecular weight is 286 g/mol. The first kappa shape index (κ1) is 13.7. The Morgan fingerprint density at radius 2 is 2.16 bits per heavy atom. The molecule has 0 aromatic carbocycles. The van der Waals surface area contributed by atoms with Crippen LogP contribution in [-0.2, 0) is 0 Å². The van der Waals surface area contributed by atoms with Crippen LogP contribution in [0.5, 0.6) is 5.88 Å². The third kappa shape index (κ3) is 3.17. The van der Waals surface area contributed by atoms with Crippen LogP contribution in [0.4, 0.5) is 10.7 Å². The van der Waals surface area contributed by atoms with E-state index in [1.54, 1.807) is 4.90 Å². The number of primary amides is 1. The zero-order chi connectivity index (χ0) is 13.8. The maximum absolute atomic E-state index is 11.0. The SMILES string of the molecule is CCOc1nc(N2CCN(C(N)=O)CC2)ncc1Cl. The number of aromatic nitrogens is 2. The van der Waals surface area contributed by atoms with Crippen LogP contribution in [0.15, 0.2) is 6.20 Å². The van der Waals surface area contributed by atoms with E-state index in [1.165, 1.54) is 6.20 Å². The highest BCUT2D eigenvalue weighted by atomic mass is 35.5. The lowest BCUT2D eigenvalue weighted by atomic mass is 10.3. The van der Waals surface area contributed by atoms with E-state index >= 15 is 0 Å². The van der Waals surface area contributed by atoms with Gasteiger partial charge in [-0.3, -0.25) is 0 Å². The van der Waals surface area contributed by atoms with Gasteiger partial charge in [0.15, 0.2) is 0 Å². The Bertz CT molecular complexity index is 462. The summed E-state index contributed by atoms with van der Waals surface area (Å²) in [4.78, 5) is 23.1. The lowest BCUT2D eigenvalue weighted by Crippen LogP contribution is -2.50. The number of halogens is 1. The van der Waals surface area contributed by atoms with Crippen LogP contribution in [-0.4, -0.2) is 53.7 Å². The largest absolute Gasteiger partial charge is 0.477 e. The van der Waals surface area contributed by atoms with Gasteiger partial charge < -0.3 is 20.3 Å². The normalized spacial score (nSPS) is 15.5. The molecule has 1 fully saturated rings. The molecule has 1 aromatic heterocycles. The number of urea groups is 1. The lowest BCUT2D eigenvalue weighted by Gasteiger charge is -2.33. The summed E-state index contributed by atoms with van der Waals surface area (Å²) in [6.07, 6.45) is 1.52. The van der Waals surface area contributed by atoms with Crippen LogP contribution in [0.3, 0.4) is 0 Å². The Kier molecular flexibility index (Phi) is 4.26. The second kappa shape index (κ2) is 5.92. The Morgan fingerprint density at radius 1 is 1.47 bits per heavy atom. The van der Waals surface area contributed by atoms with Crippen molar-refractivity contribution >= 4 is 23.6 Å². The molecule has 7 nitrogen and oxygen atoms in total. The third-order valence-corrected chi connectivity index (χ3v) is 3.11. The van der Waals surface area contributed by atoms with E-state index in [-0.39, 0.29) is 0 Å². The standard InChI is InChI=1S/C11H16ClN5O2/c1-2-19-9-8(12)7-14-11(15-9)17-5-3-16(4-6-17)10(13)18/h7H,2-6H2,1H3,(H2,13,18). The summed E-state index contributed by atoms with van der Waals surface area (Å²) in [6, 6.07) is -0.397. The summed E-state index contributed by atoms with van der Waals surface area (Å²) < 4.78 is 5.33. The van der Waals surface area contributed by atoms with E-state index in [4.69, 9.17) is 22.1 Å². The molecule has 1 aromatic rings. The molecule has 2 heterocycles. The molecule has 19 heavy (non-hydrogen) atoms. The van der Waals surface area contributed by atoms with Gasteiger partial charge in [-0.15, -0.1) is 0 Å². The third-order valence-electron chi connectivity index (χ3n) is 2.85. The summed E-state index contributed by atoms with van der Waals surface area (Å²) in [5, 5.41) is 0.390. The van der Waals surface area contributed by atoms with E-state index < -0.39 is 6.03 Å². The van der Waals surface area contributed by atoms with Crippen LogP contribution in [0.2, 0.25) is 5.02 Å². The highest BCUT2D eigenvalue weighted by Crippen LogP contribution is 2.23. The summed E-state index contributed by atoms with van der Waals surface area (Å²) in [6.45, 7) is 4.75. The molecule has 1 aliphatic heterocycles. The quantitative estimate of drug-likeness (QED) is 0.885. The van der Waals surface area contributed by atoms with Gasteiger partial charge in [0.25, 0.3) is 0 Å². The first-order valence-electron chi connectivity index (χ1n) is 6.06. The Labute approximate surface area is 116 Å². The van der Waals surface area contributed by atoms with Crippen LogP contribution < -0.4 is 15.4 Å². The molecule has 0 unspecified atom stereocenters. The zero-order valence-corrected chi connectivity index (χ0v) is 11.4. The highest BCUT2D eigenvalue weighted by Gasteiger charge is 2.21. The van der Waals surface area contributed by atoms with Crippen molar-refractivity contribution in [3.8, 4) is 5.88 Å². The van der Waals surface area contributed by atoms with Crippen LogP contribution in [0.1, 0.15) is 6.92 Å². The molecular formula is C11H16ClN5O2. The number of anilines is 1. The van der Waals surface area contributed by atoms with E-state index in [0.29, 0.717) is 49.6 Å². The van der Waals surface area contributed by atoms with E-state index in [1.807, 2.05) is 11.8 Å². The number of hydrogen-bond acceptors (Lipinski definition) is 5. The van der Waals surface area contributed by atoms with Crippen molar-refractivity contribution in [2.45, 2.75) is 6.92 Å². The number of rotatable bonds is 3. The van der Waals surface area contributed by atoms with Gasteiger partial charge in [-0.2, -0.15) is 4.98 Å². The van der Waals surface area contributed by atoms with Crippen molar-refractivity contribution in [3.63, 3.8) is 0 Å². The number of nitrogens with two attached hydrogens (primary N) is 1. The summed E-state index contributed by atoms with van der Waals surface area (Å²) in [5.74, 6) is 0.934. The van der Waals surface area contributed by atoms with Crippen molar-refractivity contribution in [2.75, 3.05) is 37.7 Å². The van der Waals surface area contributed by atoms with E-state index in [9.17, 15) is 4.79 Å². The zero-order valence-electron chi connectivity index (χ0n) is 10.7. The van der Waals surface area contributed by atoms with Crippen LogP contribution >= 0.6 is 11.6 Å². The first-order chi connectivity index (χ1) is 9.11. The maximum Gasteiger partial charge on any atom is 0.314 e. The van der Waals surface area contributed by atoms with E-state index in [2.05, 4.69) is 9.97 Å². The van der Waals surface area contributed by atoms with Crippen molar-refractivity contribution in [1.82, 2.24) is 14.9 Å². The van der Waals surface area contributed by atoms with Crippen molar-refractivity contribution in [1.29, 1.82) is 0 Å². The molecule has 2 rings (SSSR count). The molecule has 104 valence electrons. The lowest BCUT2D eigenvalue weighted by molar-refractivity contribution is 0.203. The predicted octanol–water partition coefficient (Wildman–Crippen LogP) is 0.729. The van der Waals surface area contributed by atoms with Gasteiger partial charge in [-0.05, 0) is 6.92 Å². The Hall–Kier alpha value is -1.76. The molecule has 0 atom stereocenters. The topological polar surface area (TPSA) is 84.6 Å². The van der Waals surface area contributed by atoms with Crippen LogP contribution in [0, 0.1) is 0 Å². The Morgan fingerprint density at radius 3 is 2.74 bits per heavy atom. The smallest absolute Gasteiger partial charge is 0.314 e. The summed E-state index contributed by atoms with van der Waals surface area (Å²) in [5.41, 5.74) is 5.23. The average Bonchev–Trinajstić information content (AvgIpc) is 2.41. The van der Waals surface area contributed by atoms with Crippen molar-refractivity contribution in [3.05, 3.63) is 11.2 Å². The number of carbonyl (C=O) groups excluding carboxylic acids is 1. The summed E-state index contributed by atoms with van der Waals surface area (Å²) in [7, 11) is 0. The second-order valence-corrected chi connectivity index (χ2v) is 4.48. The minimum atomic E-state index is -0.397. The monoisotopic (exact) mass is 285 g/mol. The molecule has 8 heteroatoms. The minimum absolute atomic E-state index is 0.381. The van der Waals surface area contributed by atoms with Crippen molar-refractivity contribution < 1.29 is 9.53 Å². The number of carbonyl (C=O) groups is 1. The van der Waals surface area contributed by atoms with Gasteiger partial charge in [0.05, 0.1) is 12.8 Å². The second-order valence-electron chi connectivity index (χ2n) is 4.07. The van der Waals surface area contributed by atoms with Crippen LogP contribution in [0.25, 0.3) is 0 Å². The summed E-state index contributed by atoms with van der Waals surface area (Å²) >= 11 is 5.94. The fourth-order valence-electron chi connectivity index (χ4n) is 1.86. The molecule has 0 bridgehead atoms. The van der Waals surface area contributed by atoms with Gasteiger partial charge in [0.2, 0.25) is 11.8 Å². The number of ether oxygens (including phenoxy) is 1. The molecule has 1 saturated heterocycles. The number of piperazine rings is 1. The maximum atomic E-state index is 11.0. The fraction of sp³-hybridized carbons (Fsp3) is 0.545. The number of nitrogens with zero attached hydrogens (tertiary/aromatic N) is 4. The van der Waals surface area contributed by atoms with Crippen molar-refractivity contribution in [2.24, 2.45) is 5.73 Å². The van der Waals surface area contributed by atoms with Gasteiger partial charge in [-0.25, -0.2) is 9.78 Å². The molecular weight excluding hydrogens is 270 g/mol. The van der Waals surface area contributed by atoms with Gasteiger partial charge >= 0.3 is 6.03 Å². The molecule has 0 radical (unpaired) electrons. The molecule has 0 saturated carbocycles. The number of hydrogen-bond donors (Lipinski definition) is 1. The van der Waals surface area contributed by atoms with Gasteiger partial charge in [-0.1, -0.05) is 11.6 Å². The highest BCUT2D eigenvalue weighted by molar-refractivity contribution is 6.31. The number of amides is 2. The first-order valence-corrected chi connectivity index (χ1v) is 6.44. The molecule has 2 amide bonds. The molecule has 0 aliphatic carbocycles. The Balaban J connectivity index is 2.07. The minimum Gasteiger partial charge on any atom is -0.477 e. The van der Waals surface area contributed by atoms with Gasteiger partial charge in [0.1, 0.15) is 5.02 Å². The fourth-order valence-corrected chi connectivity index (χ4v) is 2.01. The predicted molar refractivity (Wildman–Crippen MR) is 71.6 cm³/mol.